The minimum atomic E-state index is 0.0761. The summed E-state index contributed by atoms with van der Waals surface area (Å²) >= 11 is 6.40. The third-order valence-electron chi connectivity index (χ3n) is 4.26. The summed E-state index contributed by atoms with van der Waals surface area (Å²) in [5, 5.41) is 0.529. The summed E-state index contributed by atoms with van der Waals surface area (Å²) in [7, 11) is 1.62. The number of rotatable bonds is 9. The molecule has 0 spiro atoms. The number of methoxy groups -OCH3 is 1. The number of hydrogen-bond donors (Lipinski definition) is 0. The van der Waals surface area contributed by atoms with Gasteiger partial charge >= 0.3 is 0 Å². The lowest BCUT2D eigenvalue weighted by molar-refractivity contribution is 0.208. The van der Waals surface area contributed by atoms with E-state index in [-0.39, 0.29) is 6.10 Å². The molecule has 0 N–H and O–H groups in total. The smallest absolute Gasteiger partial charge is 0.180 e. The molecule has 0 aliphatic heterocycles. The number of nitrogens with zero attached hydrogens (tertiary/aromatic N) is 1. The van der Waals surface area contributed by atoms with Crippen molar-refractivity contribution in [3.05, 3.63) is 52.5 Å². The van der Waals surface area contributed by atoms with Gasteiger partial charge in [0.05, 0.1) is 23.9 Å². The van der Waals surface area contributed by atoms with Crippen LogP contribution in [-0.4, -0.2) is 19.4 Å². The number of ether oxygens (including phenoxy) is 2. The van der Waals surface area contributed by atoms with Crippen molar-refractivity contribution in [1.29, 1.82) is 0 Å². The third-order valence-corrected chi connectivity index (χ3v) is 4.54. The molecule has 0 saturated carbocycles. The maximum absolute atomic E-state index is 6.40. The van der Waals surface area contributed by atoms with Gasteiger partial charge in [0.15, 0.2) is 11.5 Å². The average molecular weight is 374 g/mol. The van der Waals surface area contributed by atoms with Crippen molar-refractivity contribution in [3.63, 3.8) is 0 Å². The van der Waals surface area contributed by atoms with Crippen LogP contribution in [0.2, 0.25) is 5.02 Å². The zero-order chi connectivity index (χ0) is 18.9. The first-order valence-electron chi connectivity index (χ1n) is 9.24. The quantitative estimate of drug-likeness (QED) is 0.462. The molecule has 140 valence electrons. The van der Waals surface area contributed by atoms with Crippen LogP contribution in [0.4, 0.5) is 5.69 Å². The standard InChI is InChI=1S/C22H28ClNO2/c1-5-7-8-17-9-11-19(12-10-17)24-15-18-13-20(23)22(21(14-18)25-4)26-16(3)6-2/h9-16H,5-8H2,1-4H3/t16-/m0/s1. The molecule has 0 radical (unpaired) electrons. The van der Waals surface area contributed by atoms with E-state index in [2.05, 4.69) is 31.0 Å². The molecule has 4 heteroatoms. The lowest BCUT2D eigenvalue weighted by atomic mass is 10.1. The van der Waals surface area contributed by atoms with Gasteiger partial charge in [-0.1, -0.05) is 44.0 Å². The van der Waals surface area contributed by atoms with E-state index in [9.17, 15) is 0 Å². The van der Waals surface area contributed by atoms with Crippen molar-refractivity contribution < 1.29 is 9.47 Å². The van der Waals surface area contributed by atoms with E-state index in [4.69, 9.17) is 21.1 Å². The number of aryl methyl sites for hydroxylation is 1. The normalized spacial score (nSPS) is 12.3. The number of halogens is 1. The van der Waals surface area contributed by atoms with Crippen molar-refractivity contribution >= 4 is 23.5 Å². The van der Waals surface area contributed by atoms with Gasteiger partial charge in [-0.15, -0.1) is 0 Å². The number of unbranched alkanes of at least 4 members (excludes halogenated alkanes) is 1. The fourth-order valence-corrected chi connectivity index (χ4v) is 2.76. The zero-order valence-corrected chi connectivity index (χ0v) is 16.8. The average Bonchev–Trinajstić information content (AvgIpc) is 2.66. The monoisotopic (exact) mass is 373 g/mol. The highest BCUT2D eigenvalue weighted by atomic mass is 35.5. The van der Waals surface area contributed by atoms with Crippen molar-refractivity contribution in [2.24, 2.45) is 4.99 Å². The van der Waals surface area contributed by atoms with E-state index in [1.54, 1.807) is 13.3 Å². The summed E-state index contributed by atoms with van der Waals surface area (Å²) in [5.41, 5.74) is 3.14. The molecule has 0 aromatic heterocycles. The van der Waals surface area contributed by atoms with Crippen molar-refractivity contribution in [3.8, 4) is 11.5 Å². The maximum atomic E-state index is 6.40. The Balaban J connectivity index is 2.15. The summed E-state index contributed by atoms with van der Waals surface area (Å²) in [5.74, 6) is 1.20. The topological polar surface area (TPSA) is 30.8 Å². The molecule has 0 aliphatic carbocycles. The molecule has 0 unspecified atom stereocenters. The van der Waals surface area contributed by atoms with Crippen LogP contribution in [0.5, 0.6) is 11.5 Å². The van der Waals surface area contributed by atoms with Crippen LogP contribution < -0.4 is 9.47 Å². The summed E-state index contributed by atoms with van der Waals surface area (Å²) in [4.78, 5) is 4.54. The molecule has 1 atom stereocenters. The van der Waals surface area contributed by atoms with Gasteiger partial charge in [-0.2, -0.15) is 0 Å². The van der Waals surface area contributed by atoms with Crippen molar-refractivity contribution in [1.82, 2.24) is 0 Å². The van der Waals surface area contributed by atoms with Gasteiger partial charge in [0, 0.05) is 6.21 Å². The fraction of sp³-hybridized carbons (Fsp3) is 0.409. The van der Waals surface area contributed by atoms with E-state index in [0.717, 1.165) is 24.1 Å². The first-order valence-corrected chi connectivity index (χ1v) is 9.62. The highest BCUT2D eigenvalue weighted by Gasteiger charge is 2.13. The Kier molecular flexibility index (Phi) is 7.99. The Bertz CT molecular complexity index is 726. The minimum absolute atomic E-state index is 0.0761. The highest BCUT2D eigenvalue weighted by Crippen LogP contribution is 2.37. The molecule has 3 nitrogen and oxygen atoms in total. The Morgan fingerprint density at radius 3 is 2.50 bits per heavy atom. The van der Waals surface area contributed by atoms with E-state index in [1.807, 2.05) is 31.2 Å². The van der Waals surface area contributed by atoms with E-state index in [0.29, 0.717) is 16.5 Å². The van der Waals surface area contributed by atoms with Crippen LogP contribution in [0.25, 0.3) is 0 Å². The summed E-state index contributed by atoms with van der Waals surface area (Å²) in [6.07, 6.45) is 6.31. The third kappa shape index (κ3) is 5.77. The number of aliphatic imine (C=N–C) groups is 1. The van der Waals surface area contributed by atoms with Gasteiger partial charge in [0.25, 0.3) is 0 Å². The molecule has 0 amide bonds. The van der Waals surface area contributed by atoms with Crippen LogP contribution in [0.3, 0.4) is 0 Å². The molecule has 2 aromatic carbocycles. The molecule has 0 saturated heterocycles. The molecule has 0 heterocycles. The van der Waals surface area contributed by atoms with E-state index >= 15 is 0 Å². The van der Waals surface area contributed by atoms with Crippen LogP contribution in [0, 0.1) is 0 Å². The second-order valence-corrected chi connectivity index (χ2v) is 6.81. The zero-order valence-electron chi connectivity index (χ0n) is 16.1. The molecule has 0 fully saturated rings. The predicted molar refractivity (Wildman–Crippen MR) is 111 cm³/mol. The second kappa shape index (κ2) is 10.2. The molecular weight excluding hydrogens is 346 g/mol. The fourth-order valence-electron chi connectivity index (χ4n) is 2.49. The molecule has 26 heavy (non-hydrogen) atoms. The number of hydrogen-bond acceptors (Lipinski definition) is 3. The van der Waals surface area contributed by atoms with Gasteiger partial charge in [-0.3, -0.25) is 4.99 Å². The lowest BCUT2D eigenvalue weighted by Gasteiger charge is -2.17. The Morgan fingerprint density at radius 2 is 1.88 bits per heavy atom. The maximum Gasteiger partial charge on any atom is 0.180 e. The SMILES string of the molecule is CCCCc1ccc(N=Cc2cc(Cl)c(O[C@@H](C)CC)c(OC)c2)cc1. The van der Waals surface area contributed by atoms with E-state index < -0.39 is 0 Å². The largest absolute Gasteiger partial charge is 0.493 e. The minimum Gasteiger partial charge on any atom is -0.493 e. The first-order chi connectivity index (χ1) is 12.6. The molecular formula is C22H28ClNO2. The van der Waals surface area contributed by atoms with Crippen LogP contribution >= 0.6 is 11.6 Å². The Labute approximate surface area is 162 Å². The van der Waals surface area contributed by atoms with Gasteiger partial charge in [-0.05, 0) is 61.6 Å². The van der Waals surface area contributed by atoms with Crippen molar-refractivity contribution in [2.45, 2.75) is 52.6 Å². The summed E-state index contributed by atoms with van der Waals surface area (Å²) < 4.78 is 11.3. The molecule has 0 bridgehead atoms. The van der Waals surface area contributed by atoms with Crippen LogP contribution in [0.1, 0.15) is 51.2 Å². The van der Waals surface area contributed by atoms with Crippen LogP contribution in [0.15, 0.2) is 41.4 Å². The van der Waals surface area contributed by atoms with Gasteiger partial charge in [-0.25, -0.2) is 0 Å². The Hall–Kier alpha value is -2.00. The lowest BCUT2D eigenvalue weighted by Crippen LogP contribution is -2.11. The van der Waals surface area contributed by atoms with Crippen molar-refractivity contribution in [2.75, 3.05) is 7.11 Å². The van der Waals surface area contributed by atoms with Gasteiger partial charge in [0.2, 0.25) is 0 Å². The summed E-state index contributed by atoms with van der Waals surface area (Å²) in [6, 6.07) is 12.1. The predicted octanol–water partition coefficient (Wildman–Crippen LogP) is 6.62. The Morgan fingerprint density at radius 1 is 1.15 bits per heavy atom. The highest BCUT2D eigenvalue weighted by molar-refractivity contribution is 6.32. The van der Waals surface area contributed by atoms with Crippen LogP contribution in [-0.2, 0) is 6.42 Å². The van der Waals surface area contributed by atoms with E-state index in [1.165, 1.54) is 18.4 Å². The molecule has 0 aliphatic rings. The number of benzene rings is 2. The first kappa shape index (κ1) is 20.3. The molecule has 2 aromatic rings. The van der Waals surface area contributed by atoms with Gasteiger partial charge in [0.1, 0.15) is 0 Å². The van der Waals surface area contributed by atoms with Gasteiger partial charge < -0.3 is 9.47 Å². The summed E-state index contributed by atoms with van der Waals surface area (Å²) in [6.45, 7) is 6.28. The second-order valence-electron chi connectivity index (χ2n) is 6.40. The molecule has 2 rings (SSSR count).